The summed E-state index contributed by atoms with van der Waals surface area (Å²) in [5.41, 5.74) is 6.10. The van der Waals surface area contributed by atoms with Crippen LogP contribution < -0.4 is 0 Å². The highest BCUT2D eigenvalue weighted by atomic mass is 35.5. The van der Waals surface area contributed by atoms with E-state index in [0.29, 0.717) is 5.02 Å². The van der Waals surface area contributed by atoms with Crippen LogP contribution in [0.25, 0.3) is 39.1 Å². The fraction of sp³-hybridized carbons (Fsp3) is 0.0400. The van der Waals surface area contributed by atoms with Crippen molar-refractivity contribution in [1.29, 1.82) is 0 Å². The number of aliphatic hydroxyl groups excluding tert-OH is 1. The second kappa shape index (κ2) is 7.75. The number of rotatable bonds is 4. The zero-order chi connectivity index (χ0) is 20.5. The minimum absolute atomic E-state index is 0.0535. The average Bonchev–Trinajstić information content (AvgIpc) is 3.25. The Morgan fingerprint density at radius 1 is 0.867 bits per heavy atom. The average molecular weight is 412 g/mol. The van der Waals surface area contributed by atoms with Crippen molar-refractivity contribution in [1.82, 2.24) is 14.8 Å². The summed E-state index contributed by atoms with van der Waals surface area (Å²) in [5, 5.41) is 16.4. The largest absolute Gasteiger partial charge is 0.392 e. The third-order valence-corrected chi connectivity index (χ3v) is 5.35. The number of hydrogen-bond acceptors (Lipinski definition) is 3. The molecule has 5 rings (SSSR count). The second-order valence-corrected chi connectivity index (χ2v) is 7.46. The fourth-order valence-electron chi connectivity index (χ4n) is 3.61. The summed E-state index contributed by atoms with van der Waals surface area (Å²) in [4.78, 5) is 4.88. The Kier molecular flexibility index (Phi) is 4.79. The number of pyridine rings is 1. The van der Waals surface area contributed by atoms with Crippen molar-refractivity contribution in [3.05, 3.63) is 102 Å². The molecule has 2 heterocycles. The number of fused-ring (bicyclic) bond motifs is 1. The van der Waals surface area contributed by atoms with E-state index in [1.165, 1.54) is 0 Å². The molecular weight excluding hydrogens is 394 g/mol. The number of aromatic nitrogens is 3. The molecule has 5 heteroatoms. The Hall–Kier alpha value is -3.47. The van der Waals surface area contributed by atoms with Gasteiger partial charge in [-0.2, -0.15) is 5.10 Å². The van der Waals surface area contributed by atoms with Crippen LogP contribution in [0.15, 0.2) is 91.1 Å². The van der Waals surface area contributed by atoms with E-state index >= 15 is 0 Å². The molecule has 146 valence electrons. The minimum Gasteiger partial charge on any atom is -0.392 e. The minimum atomic E-state index is -0.0535. The summed E-state index contributed by atoms with van der Waals surface area (Å²) >= 11 is 6.05. The SMILES string of the molecule is OCc1cc(-c2cn(-c3ccc(Cl)cc3)nc2-c2ccccc2)nc2ccccc12. The van der Waals surface area contributed by atoms with E-state index in [9.17, 15) is 5.11 Å². The van der Waals surface area contributed by atoms with E-state index < -0.39 is 0 Å². The summed E-state index contributed by atoms with van der Waals surface area (Å²) < 4.78 is 1.84. The second-order valence-electron chi connectivity index (χ2n) is 7.02. The summed E-state index contributed by atoms with van der Waals surface area (Å²) in [6, 6.07) is 27.4. The number of benzene rings is 3. The van der Waals surface area contributed by atoms with Gasteiger partial charge in [0.15, 0.2) is 0 Å². The third kappa shape index (κ3) is 3.36. The molecule has 0 bridgehead atoms. The molecule has 0 saturated carbocycles. The molecule has 0 unspecified atom stereocenters. The number of halogens is 1. The van der Waals surface area contributed by atoms with Gasteiger partial charge < -0.3 is 5.11 Å². The summed E-state index contributed by atoms with van der Waals surface area (Å²) in [6.45, 7) is -0.0535. The monoisotopic (exact) mass is 411 g/mol. The van der Waals surface area contributed by atoms with E-state index in [4.69, 9.17) is 21.7 Å². The normalized spacial score (nSPS) is 11.1. The first kappa shape index (κ1) is 18.6. The number of para-hydroxylation sites is 1. The predicted molar refractivity (Wildman–Crippen MR) is 121 cm³/mol. The maximum Gasteiger partial charge on any atom is 0.102 e. The number of aliphatic hydroxyl groups is 1. The predicted octanol–water partition coefficient (Wildman–Crippen LogP) is 5.90. The molecule has 0 aliphatic carbocycles. The van der Waals surface area contributed by atoms with E-state index in [2.05, 4.69) is 0 Å². The van der Waals surface area contributed by atoms with Gasteiger partial charge in [-0.15, -0.1) is 0 Å². The van der Waals surface area contributed by atoms with Crippen molar-refractivity contribution >= 4 is 22.5 Å². The number of hydrogen-bond donors (Lipinski definition) is 1. The lowest BCUT2D eigenvalue weighted by Crippen LogP contribution is -1.94. The van der Waals surface area contributed by atoms with E-state index in [0.717, 1.165) is 44.7 Å². The van der Waals surface area contributed by atoms with Crippen LogP contribution in [0.4, 0.5) is 0 Å². The van der Waals surface area contributed by atoms with Crippen LogP contribution in [0.3, 0.4) is 0 Å². The van der Waals surface area contributed by atoms with Crippen LogP contribution in [0.5, 0.6) is 0 Å². The van der Waals surface area contributed by atoms with Gasteiger partial charge in [0.2, 0.25) is 0 Å². The Morgan fingerprint density at radius 2 is 1.60 bits per heavy atom. The van der Waals surface area contributed by atoms with Crippen molar-refractivity contribution in [3.8, 4) is 28.2 Å². The van der Waals surface area contributed by atoms with Crippen LogP contribution >= 0.6 is 11.6 Å². The molecule has 0 spiro atoms. The molecule has 0 atom stereocenters. The first-order valence-electron chi connectivity index (χ1n) is 9.64. The highest BCUT2D eigenvalue weighted by molar-refractivity contribution is 6.30. The van der Waals surface area contributed by atoms with Crippen LogP contribution in [0, 0.1) is 0 Å². The Labute approximate surface area is 179 Å². The summed E-state index contributed by atoms with van der Waals surface area (Å²) in [6.07, 6.45) is 1.98. The lowest BCUT2D eigenvalue weighted by Gasteiger charge is -2.08. The molecule has 0 fully saturated rings. The van der Waals surface area contributed by atoms with Gasteiger partial charge in [0.05, 0.1) is 23.5 Å². The molecule has 30 heavy (non-hydrogen) atoms. The van der Waals surface area contributed by atoms with Gasteiger partial charge in [0, 0.05) is 27.7 Å². The van der Waals surface area contributed by atoms with Gasteiger partial charge in [0.1, 0.15) is 5.69 Å². The first-order valence-corrected chi connectivity index (χ1v) is 10.0. The molecule has 0 radical (unpaired) electrons. The van der Waals surface area contributed by atoms with Crippen molar-refractivity contribution in [2.24, 2.45) is 0 Å². The Balaban J connectivity index is 1.74. The molecule has 5 aromatic rings. The molecule has 0 amide bonds. The van der Waals surface area contributed by atoms with Gasteiger partial charge in [0.25, 0.3) is 0 Å². The molecule has 2 aromatic heterocycles. The summed E-state index contributed by atoms with van der Waals surface area (Å²) in [7, 11) is 0. The van der Waals surface area contributed by atoms with E-state index in [1.807, 2.05) is 95.8 Å². The third-order valence-electron chi connectivity index (χ3n) is 5.10. The Morgan fingerprint density at radius 3 is 2.37 bits per heavy atom. The van der Waals surface area contributed by atoms with Crippen LogP contribution in [-0.2, 0) is 6.61 Å². The topological polar surface area (TPSA) is 50.9 Å². The van der Waals surface area contributed by atoms with E-state index in [-0.39, 0.29) is 6.61 Å². The van der Waals surface area contributed by atoms with Crippen LogP contribution in [0.2, 0.25) is 5.02 Å². The standard InChI is InChI=1S/C25H18ClN3O/c26-19-10-12-20(13-11-19)29-15-22(25(28-29)17-6-2-1-3-7-17)24-14-18(16-30)21-8-4-5-9-23(21)27-24/h1-15,30H,16H2. The van der Waals surface area contributed by atoms with Crippen molar-refractivity contribution < 1.29 is 5.11 Å². The summed E-state index contributed by atoms with van der Waals surface area (Å²) in [5.74, 6) is 0. The quantitative estimate of drug-likeness (QED) is 0.400. The maximum absolute atomic E-state index is 9.94. The van der Waals surface area contributed by atoms with Crippen molar-refractivity contribution in [2.75, 3.05) is 0 Å². The Bertz CT molecular complexity index is 1330. The maximum atomic E-state index is 9.94. The molecule has 4 nitrogen and oxygen atoms in total. The highest BCUT2D eigenvalue weighted by Gasteiger charge is 2.17. The van der Waals surface area contributed by atoms with Crippen molar-refractivity contribution in [2.45, 2.75) is 6.61 Å². The lowest BCUT2D eigenvalue weighted by molar-refractivity contribution is 0.283. The van der Waals surface area contributed by atoms with Gasteiger partial charge >= 0.3 is 0 Å². The van der Waals surface area contributed by atoms with Gasteiger partial charge in [-0.25, -0.2) is 9.67 Å². The molecule has 0 aliphatic rings. The first-order chi connectivity index (χ1) is 14.7. The van der Waals surface area contributed by atoms with Gasteiger partial charge in [-0.1, -0.05) is 60.1 Å². The smallest absolute Gasteiger partial charge is 0.102 e. The van der Waals surface area contributed by atoms with Crippen LogP contribution in [-0.4, -0.2) is 19.9 Å². The zero-order valence-corrected chi connectivity index (χ0v) is 16.8. The van der Waals surface area contributed by atoms with Gasteiger partial charge in [-0.05, 0) is 42.0 Å². The fourth-order valence-corrected chi connectivity index (χ4v) is 3.74. The molecular formula is C25H18ClN3O. The zero-order valence-electron chi connectivity index (χ0n) is 16.0. The highest BCUT2D eigenvalue weighted by Crippen LogP contribution is 2.33. The lowest BCUT2D eigenvalue weighted by atomic mass is 10.0. The molecule has 1 N–H and O–H groups in total. The number of nitrogens with zero attached hydrogens (tertiary/aromatic N) is 3. The van der Waals surface area contributed by atoms with Crippen LogP contribution in [0.1, 0.15) is 5.56 Å². The van der Waals surface area contributed by atoms with Gasteiger partial charge in [-0.3, -0.25) is 0 Å². The molecule has 3 aromatic carbocycles. The van der Waals surface area contributed by atoms with Crippen molar-refractivity contribution in [3.63, 3.8) is 0 Å². The van der Waals surface area contributed by atoms with E-state index in [1.54, 1.807) is 0 Å². The molecule has 0 aliphatic heterocycles. The molecule has 0 saturated heterocycles.